The molecule has 0 unspecified atom stereocenters. The van der Waals surface area contributed by atoms with E-state index in [0.717, 1.165) is 55.7 Å². The summed E-state index contributed by atoms with van der Waals surface area (Å²) in [6.07, 6.45) is 0. The summed E-state index contributed by atoms with van der Waals surface area (Å²) in [6, 6.07) is 77.6. The number of nitrogens with zero attached hydrogens (tertiary/aromatic N) is 4. The van der Waals surface area contributed by atoms with Crippen LogP contribution in [-0.2, 0) is 0 Å². The van der Waals surface area contributed by atoms with Gasteiger partial charge in [-0.15, -0.1) is 11.3 Å². The topological polar surface area (TPSA) is 43.6 Å². The molecule has 5 heteroatoms. The van der Waals surface area contributed by atoms with Crippen molar-refractivity contribution in [3.8, 4) is 73.2 Å². The highest BCUT2D eigenvalue weighted by Gasteiger charge is 2.20. The molecule has 3 heterocycles. The SMILES string of the molecule is c1ccc(-c2cccc(-c3cc(-n4c5ccccc5c5ccc(-c6cccc7c6sc6ccccc67)cc54)ccc3-c3nc(-c4ccccc4)nc(-c4ccccc4)n3)c2)cc1. The zero-order valence-electron chi connectivity index (χ0n) is 33.5. The van der Waals surface area contributed by atoms with E-state index < -0.39 is 0 Å². The monoisotopic (exact) mass is 808 g/mol. The molecule has 0 bridgehead atoms. The molecule has 290 valence electrons. The summed E-state index contributed by atoms with van der Waals surface area (Å²) in [5.74, 6) is 1.88. The molecule has 9 aromatic carbocycles. The summed E-state index contributed by atoms with van der Waals surface area (Å²) >= 11 is 1.87. The van der Waals surface area contributed by atoms with E-state index in [9.17, 15) is 0 Å². The second kappa shape index (κ2) is 14.9. The van der Waals surface area contributed by atoms with Gasteiger partial charge in [0.1, 0.15) is 0 Å². The summed E-state index contributed by atoms with van der Waals surface area (Å²) in [4.78, 5) is 15.5. The predicted octanol–water partition coefficient (Wildman–Crippen LogP) is 15.3. The first kappa shape index (κ1) is 35.9. The van der Waals surface area contributed by atoms with Crippen molar-refractivity contribution in [1.29, 1.82) is 0 Å². The molecule has 62 heavy (non-hydrogen) atoms. The van der Waals surface area contributed by atoms with Crippen molar-refractivity contribution in [2.24, 2.45) is 0 Å². The molecule has 0 atom stereocenters. The molecule has 12 rings (SSSR count). The maximum atomic E-state index is 5.22. The van der Waals surface area contributed by atoms with Crippen molar-refractivity contribution >= 4 is 53.3 Å². The molecule has 0 saturated heterocycles. The third-order valence-corrected chi connectivity index (χ3v) is 13.1. The van der Waals surface area contributed by atoms with Gasteiger partial charge >= 0.3 is 0 Å². The summed E-state index contributed by atoms with van der Waals surface area (Å²) in [6.45, 7) is 0. The van der Waals surface area contributed by atoms with Gasteiger partial charge in [0.05, 0.1) is 11.0 Å². The maximum Gasteiger partial charge on any atom is 0.164 e. The fourth-order valence-electron chi connectivity index (χ4n) is 8.92. The molecule has 0 N–H and O–H groups in total. The fourth-order valence-corrected chi connectivity index (χ4v) is 10.2. The Labute approximate surface area is 362 Å². The highest BCUT2D eigenvalue weighted by atomic mass is 32.1. The molecule has 0 radical (unpaired) electrons. The first-order valence-corrected chi connectivity index (χ1v) is 21.7. The van der Waals surface area contributed by atoms with Crippen LogP contribution in [0.1, 0.15) is 0 Å². The van der Waals surface area contributed by atoms with Gasteiger partial charge in [0, 0.05) is 53.3 Å². The minimum atomic E-state index is 0.616. The molecule has 3 aromatic heterocycles. The first-order valence-electron chi connectivity index (χ1n) is 20.8. The average Bonchev–Trinajstić information content (AvgIpc) is 3.90. The standard InChI is InChI=1S/C57H36N4S/c1-4-16-37(17-5-1)40-22-14-23-41(34-40)50-36-43(31-33-49(50)57-59-55(38-18-6-2-7-19-38)58-56(60-57)39-20-8-3-9-21-39)61-51-28-12-10-24-45(51)46-32-30-42(35-52(46)61)44-26-15-27-48-47-25-11-13-29-53(47)62-54(44)48/h1-36H. The lowest BCUT2D eigenvalue weighted by molar-refractivity contribution is 1.07. The van der Waals surface area contributed by atoms with Crippen LogP contribution in [0, 0.1) is 0 Å². The van der Waals surface area contributed by atoms with Crippen molar-refractivity contribution < 1.29 is 0 Å². The van der Waals surface area contributed by atoms with Crippen LogP contribution in [0.3, 0.4) is 0 Å². The van der Waals surface area contributed by atoms with Gasteiger partial charge in [0.2, 0.25) is 0 Å². The van der Waals surface area contributed by atoms with Gasteiger partial charge in [-0.2, -0.15) is 0 Å². The van der Waals surface area contributed by atoms with Gasteiger partial charge in [-0.25, -0.2) is 15.0 Å². The molecular formula is C57H36N4S. The fraction of sp³-hybridized carbons (Fsp3) is 0. The van der Waals surface area contributed by atoms with Crippen LogP contribution in [0.4, 0.5) is 0 Å². The van der Waals surface area contributed by atoms with E-state index >= 15 is 0 Å². The van der Waals surface area contributed by atoms with E-state index in [1.54, 1.807) is 0 Å². The number of hydrogen-bond donors (Lipinski definition) is 0. The normalized spacial score (nSPS) is 11.5. The number of para-hydroxylation sites is 1. The maximum absolute atomic E-state index is 5.22. The first-order chi connectivity index (χ1) is 30.7. The number of rotatable bonds is 7. The summed E-state index contributed by atoms with van der Waals surface area (Å²) in [5, 5.41) is 5.02. The average molecular weight is 809 g/mol. The zero-order chi connectivity index (χ0) is 41.0. The van der Waals surface area contributed by atoms with Gasteiger partial charge in [0.15, 0.2) is 17.5 Å². The lowest BCUT2D eigenvalue weighted by atomic mass is 9.94. The Morgan fingerprint density at radius 2 is 0.871 bits per heavy atom. The van der Waals surface area contributed by atoms with Gasteiger partial charge < -0.3 is 4.57 Å². The van der Waals surface area contributed by atoms with Crippen LogP contribution in [0.5, 0.6) is 0 Å². The summed E-state index contributed by atoms with van der Waals surface area (Å²) < 4.78 is 5.04. The van der Waals surface area contributed by atoms with Crippen LogP contribution >= 0.6 is 11.3 Å². The van der Waals surface area contributed by atoms with Gasteiger partial charge in [-0.05, 0) is 75.8 Å². The van der Waals surface area contributed by atoms with Crippen LogP contribution in [0.25, 0.3) is 115 Å². The molecule has 0 aliphatic carbocycles. The molecule has 0 aliphatic rings. The van der Waals surface area contributed by atoms with Crippen molar-refractivity contribution in [3.05, 3.63) is 218 Å². The predicted molar refractivity (Wildman–Crippen MR) is 260 cm³/mol. The number of aromatic nitrogens is 4. The second-order valence-electron chi connectivity index (χ2n) is 15.6. The summed E-state index contributed by atoms with van der Waals surface area (Å²) in [7, 11) is 0. The highest BCUT2D eigenvalue weighted by Crippen LogP contribution is 2.43. The van der Waals surface area contributed by atoms with Crippen LogP contribution in [-0.4, -0.2) is 19.5 Å². The molecule has 0 spiro atoms. The van der Waals surface area contributed by atoms with Crippen molar-refractivity contribution in [1.82, 2.24) is 19.5 Å². The molecule has 4 nitrogen and oxygen atoms in total. The Morgan fingerprint density at radius 3 is 1.63 bits per heavy atom. The van der Waals surface area contributed by atoms with E-state index in [-0.39, 0.29) is 0 Å². The van der Waals surface area contributed by atoms with E-state index in [0.29, 0.717) is 17.5 Å². The quantitative estimate of drug-likeness (QED) is 0.161. The Hall–Kier alpha value is -7.99. The lowest BCUT2D eigenvalue weighted by Crippen LogP contribution is -2.02. The Kier molecular flexibility index (Phi) is 8.65. The van der Waals surface area contributed by atoms with E-state index in [1.807, 2.05) is 47.7 Å². The molecule has 0 amide bonds. The van der Waals surface area contributed by atoms with Gasteiger partial charge in [-0.3, -0.25) is 0 Å². The third kappa shape index (κ3) is 6.18. The van der Waals surface area contributed by atoms with Crippen LogP contribution < -0.4 is 0 Å². The van der Waals surface area contributed by atoms with Crippen molar-refractivity contribution in [2.45, 2.75) is 0 Å². The Morgan fingerprint density at radius 1 is 0.306 bits per heavy atom. The number of thiophene rings is 1. The van der Waals surface area contributed by atoms with Crippen LogP contribution in [0.2, 0.25) is 0 Å². The van der Waals surface area contributed by atoms with E-state index in [2.05, 4.69) is 187 Å². The number of fused-ring (bicyclic) bond motifs is 6. The minimum absolute atomic E-state index is 0.616. The second-order valence-corrected chi connectivity index (χ2v) is 16.6. The molecule has 0 saturated carbocycles. The molecular weight excluding hydrogens is 773 g/mol. The largest absolute Gasteiger partial charge is 0.309 e. The van der Waals surface area contributed by atoms with Gasteiger partial charge in [0.25, 0.3) is 0 Å². The number of hydrogen-bond acceptors (Lipinski definition) is 4. The van der Waals surface area contributed by atoms with Crippen molar-refractivity contribution in [3.63, 3.8) is 0 Å². The Balaban J connectivity index is 1.10. The zero-order valence-corrected chi connectivity index (χ0v) is 34.3. The summed E-state index contributed by atoms with van der Waals surface area (Å²) in [5.41, 5.74) is 13.0. The van der Waals surface area contributed by atoms with Gasteiger partial charge in [-0.1, -0.05) is 176 Å². The smallest absolute Gasteiger partial charge is 0.164 e. The third-order valence-electron chi connectivity index (χ3n) is 11.9. The lowest BCUT2D eigenvalue weighted by Gasteiger charge is -2.16. The van der Waals surface area contributed by atoms with Crippen LogP contribution in [0.15, 0.2) is 218 Å². The van der Waals surface area contributed by atoms with E-state index in [4.69, 9.17) is 15.0 Å². The number of benzene rings is 9. The minimum Gasteiger partial charge on any atom is -0.309 e. The highest BCUT2D eigenvalue weighted by molar-refractivity contribution is 7.26. The van der Waals surface area contributed by atoms with Crippen molar-refractivity contribution in [2.75, 3.05) is 0 Å². The molecule has 12 aromatic rings. The Bertz CT molecular complexity index is 3570. The van der Waals surface area contributed by atoms with E-state index in [1.165, 1.54) is 42.1 Å². The molecule has 0 fully saturated rings. The molecule has 0 aliphatic heterocycles.